The van der Waals surface area contributed by atoms with Gasteiger partial charge in [0.15, 0.2) is 0 Å². The Bertz CT molecular complexity index is 1390. The summed E-state index contributed by atoms with van der Waals surface area (Å²) in [5.41, 5.74) is 2.14. The second kappa shape index (κ2) is 6.83. The standard InChI is InChI=1S/C24H12Cl4/c25-14-3-1-13(2-4-14)17-9-10-22(28)24-21-12-16(27)6-8-19(21)18-7-5-15(26)11-20(18)23(17)24/h1-12H. The third-order valence-corrected chi connectivity index (χ3v) is 6.14. The maximum Gasteiger partial charge on any atom is 0.0491 e. The SMILES string of the molecule is Clc1ccc(-c2ccc(Cl)c3c4cc(Cl)ccc4c4ccc(Cl)cc4c23)cc1. The molecule has 5 aromatic rings. The lowest BCUT2D eigenvalue weighted by Gasteiger charge is -2.16. The van der Waals surface area contributed by atoms with Gasteiger partial charge < -0.3 is 0 Å². The molecule has 28 heavy (non-hydrogen) atoms. The molecule has 0 aromatic heterocycles. The Hall–Kier alpha value is -1.96. The minimum Gasteiger partial charge on any atom is -0.0843 e. The fourth-order valence-corrected chi connectivity index (χ4v) is 4.64. The van der Waals surface area contributed by atoms with Crippen molar-refractivity contribution in [2.45, 2.75) is 0 Å². The zero-order chi connectivity index (χ0) is 19.4. The van der Waals surface area contributed by atoms with Gasteiger partial charge in [0.25, 0.3) is 0 Å². The van der Waals surface area contributed by atoms with Crippen LogP contribution in [0.2, 0.25) is 20.1 Å². The van der Waals surface area contributed by atoms with Crippen LogP contribution < -0.4 is 0 Å². The average Bonchev–Trinajstić information content (AvgIpc) is 2.69. The van der Waals surface area contributed by atoms with Gasteiger partial charge in [-0.25, -0.2) is 0 Å². The lowest BCUT2D eigenvalue weighted by Crippen LogP contribution is -1.88. The molecule has 5 rings (SSSR count). The molecule has 0 spiro atoms. The van der Waals surface area contributed by atoms with E-state index in [1.165, 1.54) is 0 Å². The highest BCUT2D eigenvalue weighted by molar-refractivity contribution is 6.43. The summed E-state index contributed by atoms with van der Waals surface area (Å²) in [5.74, 6) is 0. The van der Waals surface area contributed by atoms with Gasteiger partial charge in [-0.3, -0.25) is 0 Å². The third-order valence-electron chi connectivity index (χ3n) is 5.10. The van der Waals surface area contributed by atoms with E-state index in [0.717, 1.165) is 43.4 Å². The lowest BCUT2D eigenvalue weighted by atomic mass is 9.89. The summed E-state index contributed by atoms with van der Waals surface area (Å²) >= 11 is 25.5. The van der Waals surface area contributed by atoms with E-state index in [9.17, 15) is 0 Å². The summed E-state index contributed by atoms with van der Waals surface area (Å²) in [5, 5.41) is 9.07. The van der Waals surface area contributed by atoms with Crippen LogP contribution >= 0.6 is 46.4 Å². The number of hydrogen-bond acceptors (Lipinski definition) is 0. The Morgan fingerprint density at radius 2 is 0.964 bits per heavy atom. The highest BCUT2D eigenvalue weighted by Crippen LogP contribution is 2.44. The van der Waals surface area contributed by atoms with Crippen molar-refractivity contribution < 1.29 is 0 Å². The second-order valence-electron chi connectivity index (χ2n) is 6.73. The maximum atomic E-state index is 6.72. The topological polar surface area (TPSA) is 0 Å². The van der Waals surface area contributed by atoms with E-state index in [4.69, 9.17) is 46.4 Å². The van der Waals surface area contributed by atoms with E-state index in [1.54, 1.807) is 0 Å². The molecule has 0 aliphatic heterocycles. The van der Waals surface area contributed by atoms with E-state index >= 15 is 0 Å². The van der Waals surface area contributed by atoms with Gasteiger partial charge in [-0.05, 0) is 80.5 Å². The van der Waals surface area contributed by atoms with Crippen LogP contribution in [0.15, 0.2) is 72.8 Å². The van der Waals surface area contributed by atoms with Crippen LogP contribution in [0.3, 0.4) is 0 Å². The van der Waals surface area contributed by atoms with Crippen molar-refractivity contribution in [3.8, 4) is 11.1 Å². The Morgan fingerprint density at radius 3 is 1.57 bits per heavy atom. The first-order valence-corrected chi connectivity index (χ1v) is 10.2. The minimum atomic E-state index is 0.676. The first-order valence-electron chi connectivity index (χ1n) is 8.71. The van der Waals surface area contributed by atoms with Crippen molar-refractivity contribution in [1.29, 1.82) is 0 Å². The van der Waals surface area contributed by atoms with Gasteiger partial charge in [0.2, 0.25) is 0 Å². The molecule has 0 amide bonds. The summed E-state index contributed by atoms with van der Waals surface area (Å²) < 4.78 is 0. The molecular weight excluding hydrogens is 430 g/mol. The van der Waals surface area contributed by atoms with Crippen molar-refractivity contribution in [3.63, 3.8) is 0 Å². The summed E-state index contributed by atoms with van der Waals surface area (Å²) in [7, 11) is 0. The Morgan fingerprint density at radius 1 is 0.429 bits per heavy atom. The van der Waals surface area contributed by atoms with Crippen molar-refractivity contribution in [2.24, 2.45) is 0 Å². The molecule has 0 bridgehead atoms. The Kier molecular flexibility index (Phi) is 4.41. The summed E-state index contributed by atoms with van der Waals surface area (Å²) in [6.07, 6.45) is 0. The van der Waals surface area contributed by atoms with Gasteiger partial charge in [-0.15, -0.1) is 0 Å². The summed E-state index contributed by atoms with van der Waals surface area (Å²) in [6.45, 7) is 0. The lowest BCUT2D eigenvalue weighted by molar-refractivity contribution is 1.66. The number of halogens is 4. The fraction of sp³-hybridized carbons (Fsp3) is 0. The van der Waals surface area contributed by atoms with Gasteiger partial charge in [0.05, 0.1) is 0 Å². The van der Waals surface area contributed by atoms with Crippen LogP contribution in [0, 0.1) is 0 Å². The second-order valence-corrected chi connectivity index (χ2v) is 8.45. The van der Waals surface area contributed by atoms with Crippen molar-refractivity contribution in [1.82, 2.24) is 0 Å². The molecule has 5 aromatic carbocycles. The van der Waals surface area contributed by atoms with Gasteiger partial charge in [0.1, 0.15) is 0 Å². The summed E-state index contributed by atoms with van der Waals surface area (Å²) in [6, 6.07) is 23.7. The highest BCUT2D eigenvalue weighted by atomic mass is 35.5. The smallest absolute Gasteiger partial charge is 0.0491 e. The zero-order valence-electron chi connectivity index (χ0n) is 14.4. The Balaban J connectivity index is 2.08. The van der Waals surface area contributed by atoms with E-state index in [0.29, 0.717) is 20.1 Å². The van der Waals surface area contributed by atoms with Crippen molar-refractivity contribution in [3.05, 3.63) is 92.9 Å². The molecule has 0 atom stereocenters. The van der Waals surface area contributed by atoms with E-state index in [2.05, 4.69) is 6.07 Å². The predicted octanol–water partition coefficient (Wildman–Crippen LogP) is 9.43. The van der Waals surface area contributed by atoms with Crippen molar-refractivity contribution >= 4 is 78.7 Å². The van der Waals surface area contributed by atoms with Crippen LogP contribution in [-0.4, -0.2) is 0 Å². The number of fused-ring (bicyclic) bond motifs is 6. The fourth-order valence-electron chi connectivity index (χ4n) is 3.91. The zero-order valence-corrected chi connectivity index (χ0v) is 17.5. The van der Waals surface area contributed by atoms with Gasteiger partial charge in [0, 0.05) is 25.5 Å². The van der Waals surface area contributed by atoms with Crippen LogP contribution in [0.5, 0.6) is 0 Å². The summed E-state index contributed by atoms with van der Waals surface area (Å²) in [4.78, 5) is 0. The van der Waals surface area contributed by atoms with Crippen LogP contribution in [0.25, 0.3) is 43.4 Å². The molecule has 0 saturated heterocycles. The minimum absolute atomic E-state index is 0.676. The quantitative estimate of drug-likeness (QED) is 0.227. The molecule has 0 radical (unpaired) electrons. The van der Waals surface area contributed by atoms with Gasteiger partial charge in [-0.2, -0.15) is 0 Å². The van der Waals surface area contributed by atoms with Crippen molar-refractivity contribution in [2.75, 3.05) is 0 Å². The predicted molar refractivity (Wildman–Crippen MR) is 124 cm³/mol. The van der Waals surface area contributed by atoms with Crippen LogP contribution in [0.4, 0.5) is 0 Å². The molecule has 136 valence electrons. The van der Waals surface area contributed by atoms with Gasteiger partial charge >= 0.3 is 0 Å². The van der Waals surface area contributed by atoms with Gasteiger partial charge in [-0.1, -0.05) is 76.7 Å². The molecule has 0 saturated carbocycles. The molecule has 4 heteroatoms. The molecule has 0 nitrogen and oxygen atoms in total. The number of hydrogen-bond donors (Lipinski definition) is 0. The Labute approximate surface area is 182 Å². The molecule has 0 unspecified atom stereocenters. The number of benzene rings is 5. The largest absolute Gasteiger partial charge is 0.0843 e. The van der Waals surface area contributed by atoms with Crippen LogP contribution in [-0.2, 0) is 0 Å². The van der Waals surface area contributed by atoms with E-state index in [1.807, 2.05) is 66.7 Å². The maximum absolute atomic E-state index is 6.72. The third kappa shape index (κ3) is 2.84. The number of rotatable bonds is 1. The monoisotopic (exact) mass is 440 g/mol. The van der Waals surface area contributed by atoms with E-state index < -0.39 is 0 Å². The molecule has 0 aliphatic carbocycles. The molecule has 0 aliphatic rings. The molecule has 0 fully saturated rings. The average molecular weight is 442 g/mol. The first kappa shape index (κ1) is 18.1. The normalized spacial score (nSPS) is 11.6. The molecular formula is C24H12Cl4. The highest BCUT2D eigenvalue weighted by Gasteiger charge is 2.16. The van der Waals surface area contributed by atoms with Crippen LogP contribution in [0.1, 0.15) is 0 Å². The van der Waals surface area contributed by atoms with E-state index in [-0.39, 0.29) is 0 Å². The molecule has 0 heterocycles. The molecule has 0 N–H and O–H groups in total. The first-order chi connectivity index (χ1) is 13.5.